The molecular formula is C22H19N3O. The van der Waals surface area contributed by atoms with Crippen molar-refractivity contribution in [2.45, 2.75) is 13.0 Å². The summed E-state index contributed by atoms with van der Waals surface area (Å²) in [5, 5.41) is 8.44. The van der Waals surface area contributed by atoms with Crippen molar-refractivity contribution in [1.29, 1.82) is 0 Å². The van der Waals surface area contributed by atoms with Crippen molar-refractivity contribution in [3.8, 4) is 0 Å². The van der Waals surface area contributed by atoms with E-state index < -0.39 is 0 Å². The Morgan fingerprint density at radius 3 is 1.96 bits per heavy atom. The molecule has 4 nitrogen and oxygen atoms in total. The largest absolute Gasteiger partial charge is 0.283 e. The van der Waals surface area contributed by atoms with Crippen molar-refractivity contribution in [2.24, 2.45) is 0 Å². The molecule has 0 bridgehead atoms. The molecule has 4 heteroatoms. The third-order valence-corrected chi connectivity index (χ3v) is 4.51. The van der Waals surface area contributed by atoms with Gasteiger partial charge in [-0.05, 0) is 23.3 Å². The van der Waals surface area contributed by atoms with Crippen LogP contribution in [0.1, 0.15) is 24.1 Å². The normalized spacial score (nSPS) is 11.0. The Morgan fingerprint density at radius 1 is 0.846 bits per heavy atom. The zero-order chi connectivity index (χ0) is 17.9. The maximum absolute atomic E-state index is 12.7. The number of carbonyl (C=O) groups is 1. The van der Waals surface area contributed by atoms with Crippen LogP contribution in [-0.2, 0) is 4.79 Å². The SMILES string of the molecule is CC(=O)N(c1n[nH]c2ccccc12)C(c1ccccc1)c1ccccc1. The van der Waals surface area contributed by atoms with Gasteiger partial charge in [0, 0.05) is 12.3 Å². The highest BCUT2D eigenvalue weighted by atomic mass is 16.2. The van der Waals surface area contributed by atoms with Crippen LogP contribution in [0.15, 0.2) is 84.9 Å². The summed E-state index contributed by atoms with van der Waals surface area (Å²) in [4.78, 5) is 14.5. The minimum Gasteiger partial charge on any atom is -0.283 e. The number of H-pyrrole nitrogens is 1. The van der Waals surface area contributed by atoms with Gasteiger partial charge < -0.3 is 0 Å². The summed E-state index contributed by atoms with van der Waals surface area (Å²) < 4.78 is 0. The molecule has 128 valence electrons. The van der Waals surface area contributed by atoms with Crippen LogP contribution >= 0.6 is 0 Å². The third-order valence-electron chi connectivity index (χ3n) is 4.51. The summed E-state index contributed by atoms with van der Waals surface area (Å²) in [6, 6.07) is 27.7. The van der Waals surface area contributed by atoms with Crippen LogP contribution < -0.4 is 4.90 Å². The number of fused-ring (bicyclic) bond motifs is 1. The summed E-state index contributed by atoms with van der Waals surface area (Å²) in [6.07, 6.45) is 0. The molecule has 0 aliphatic heterocycles. The van der Waals surface area contributed by atoms with E-state index in [9.17, 15) is 4.79 Å². The van der Waals surface area contributed by atoms with Crippen molar-refractivity contribution < 1.29 is 4.79 Å². The number of nitrogens with zero attached hydrogens (tertiary/aromatic N) is 2. The molecule has 1 N–H and O–H groups in total. The van der Waals surface area contributed by atoms with E-state index in [2.05, 4.69) is 10.2 Å². The van der Waals surface area contributed by atoms with E-state index in [1.807, 2.05) is 84.9 Å². The van der Waals surface area contributed by atoms with Gasteiger partial charge in [-0.1, -0.05) is 72.8 Å². The molecule has 0 spiro atoms. The minimum absolute atomic E-state index is 0.0556. The monoisotopic (exact) mass is 341 g/mol. The molecule has 3 aromatic carbocycles. The molecule has 0 fully saturated rings. The molecule has 0 radical (unpaired) electrons. The molecule has 0 aliphatic rings. The Bertz CT molecular complexity index is 985. The molecule has 4 aromatic rings. The fourth-order valence-corrected chi connectivity index (χ4v) is 3.35. The molecule has 0 aliphatic carbocycles. The van der Waals surface area contributed by atoms with Gasteiger partial charge in [-0.3, -0.25) is 14.8 Å². The first-order chi connectivity index (χ1) is 12.8. The van der Waals surface area contributed by atoms with Gasteiger partial charge in [-0.15, -0.1) is 0 Å². The Kier molecular flexibility index (Phi) is 4.23. The lowest BCUT2D eigenvalue weighted by Crippen LogP contribution is -2.34. The first-order valence-corrected chi connectivity index (χ1v) is 8.58. The van der Waals surface area contributed by atoms with Gasteiger partial charge >= 0.3 is 0 Å². The molecular weight excluding hydrogens is 322 g/mol. The highest BCUT2D eigenvalue weighted by molar-refractivity contribution is 6.01. The minimum atomic E-state index is -0.249. The van der Waals surface area contributed by atoms with Crippen LogP contribution in [0.5, 0.6) is 0 Å². The molecule has 0 saturated carbocycles. The molecule has 0 unspecified atom stereocenters. The number of hydrogen-bond acceptors (Lipinski definition) is 2. The van der Waals surface area contributed by atoms with Crippen molar-refractivity contribution in [1.82, 2.24) is 10.2 Å². The summed E-state index contributed by atoms with van der Waals surface area (Å²) >= 11 is 0. The van der Waals surface area contributed by atoms with Crippen molar-refractivity contribution in [3.63, 3.8) is 0 Å². The van der Waals surface area contributed by atoms with Crippen molar-refractivity contribution in [3.05, 3.63) is 96.1 Å². The fourth-order valence-electron chi connectivity index (χ4n) is 3.35. The number of anilines is 1. The third kappa shape index (κ3) is 2.86. The second-order valence-electron chi connectivity index (χ2n) is 6.21. The van der Waals surface area contributed by atoms with Crippen molar-refractivity contribution in [2.75, 3.05) is 4.90 Å². The lowest BCUT2D eigenvalue weighted by Gasteiger charge is -2.30. The van der Waals surface area contributed by atoms with Gasteiger partial charge in [-0.2, -0.15) is 5.10 Å². The summed E-state index contributed by atoms with van der Waals surface area (Å²) in [5.74, 6) is 0.589. The Morgan fingerprint density at radius 2 is 1.38 bits per heavy atom. The zero-order valence-corrected chi connectivity index (χ0v) is 14.5. The maximum Gasteiger partial charge on any atom is 0.225 e. The molecule has 1 amide bonds. The number of nitrogens with one attached hydrogen (secondary N) is 1. The van der Waals surface area contributed by atoms with Gasteiger partial charge in [-0.25, -0.2) is 0 Å². The first kappa shape index (κ1) is 16.1. The predicted octanol–water partition coefficient (Wildman–Crippen LogP) is 4.71. The predicted molar refractivity (Wildman–Crippen MR) is 104 cm³/mol. The number of para-hydroxylation sites is 1. The summed E-state index contributed by atoms with van der Waals surface area (Å²) in [5.41, 5.74) is 3.00. The zero-order valence-electron chi connectivity index (χ0n) is 14.5. The molecule has 1 heterocycles. The van der Waals surface area contributed by atoms with Crippen LogP contribution in [0.25, 0.3) is 10.9 Å². The van der Waals surface area contributed by atoms with Crippen LogP contribution in [-0.4, -0.2) is 16.1 Å². The molecule has 4 rings (SSSR count). The Balaban J connectivity index is 1.93. The van der Waals surface area contributed by atoms with Gasteiger partial charge in [0.25, 0.3) is 0 Å². The van der Waals surface area contributed by atoms with E-state index in [1.54, 1.807) is 11.8 Å². The number of benzene rings is 3. The maximum atomic E-state index is 12.7. The van der Waals surface area contributed by atoms with Gasteiger partial charge in [0.05, 0.1) is 11.6 Å². The molecule has 26 heavy (non-hydrogen) atoms. The fraction of sp³-hybridized carbons (Fsp3) is 0.0909. The Hall–Kier alpha value is -3.40. The van der Waals surface area contributed by atoms with Crippen LogP contribution in [0, 0.1) is 0 Å². The van der Waals surface area contributed by atoms with Gasteiger partial charge in [0.15, 0.2) is 5.82 Å². The number of aromatic nitrogens is 2. The van der Waals surface area contributed by atoms with E-state index >= 15 is 0 Å². The van der Waals surface area contributed by atoms with Crippen LogP contribution in [0.2, 0.25) is 0 Å². The lowest BCUT2D eigenvalue weighted by molar-refractivity contribution is -0.116. The Labute approximate surface area is 152 Å². The number of hydrogen-bond donors (Lipinski definition) is 1. The van der Waals surface area contributed by atoms with E-state index in [1.165, 1.54) is 0 Å². The van der Waals surface area contributed by atoms with Gasteiger partial charge in [0.2, 0.25) is 5.91 Å². The number of carbonyl (C=O) groups excluding carboxylic acids is 1. The number of amides is 1. The van der Waals surface area contributed by atoms with Crippen molar-refractivity contribution >= 4 is 22.6 Å². The van der Waals surface area contributed by atoms with E-state index in [0.717, 1.165) is 22.0 Å². The molecule has 0 saturated heterocycles. The molecule has 0 atom stereocenters. The van der Waals surface area contributed by atoms with Crippen LogP contribution in [0.4, 0.5) is 5.82 Å². The topological polar surface area (TPSA) is 49.0 Å². The van der Waals surface area contributed by atoms with Crippen LogP contribution in [0.3, 0.4) is 0 Å². The summed E-state index contributed by atoms with van der Waals surface area (Å²) in [6.45, 7) is 1.59. The number of aromatic amines is 1. The summed E-state index contributed by atoms with van der Waals surface area (Å²) in [7, 11) is 0. The average Bonchev–Trinajstić information content (AvgIpc) is 3.11. The smallest absolute Gasteiger partial charge is 0.225 e. The van der Waals surface area contributed by atoms with E-state index in [-0.39, 0.29) is 11.9 Å². The van der Waals surface area contributed by atoms with Gasteiger partial charge in [0.1, 0.15) is 0 Å². The van der Waals surface area contributed by atoms with E-state index in [0.29, 0.717) is 5.82 Å². The highest BCUT2D eigenvalue weighted by Crippen LogP contribution is 2.35. The lowest BCUT2D eigenvalue weighted by atomic mass is 9.96. The number of rotatable bonds is 4. The molecule has 1 aromatic heterocycles. The second-order valence-corrected chi connectivity index (χ2v) is 6.21. The second kappa shape index (κ2) is 6.84. The standard InChI is InChI=1S/C22H19N3O/c1-16(26)25(22-19-14-8-9-15-20(19)23-24-22)21(17-10-4-2-5-11-17)18-12-6-3-7-13-18/h2-15,21H,1H3,(H,23,24). The van der Waals surface area contributed by atoms with E-state index in [4.69, 9.17) is 0 Å². The average molecular weight is 341 g/mol. The quantitative estimate of drug-likeness (QED) is 0.584. The highest BCUT2D eigenvalue weighted by Gasteiger charge is 2.29. The first-order valence-electron chi connectivity index (χ1n) is 8.58.